The van der Waals surface area contributed by atoms with Gasteiger partial charge in [0.25, 0.3) is 5.91 Å². The van der Waals surface area contributed by atoms with Crippen molar-refractivity contribution in [2.24, 2.45) is 11.7 Å². The third-order valence-electron chi connectivity index (χ3n) is 3.76. The maximum atomic E-state index is 12.2. The molecule has 4 nitrogen and oxygen atoms in total. The number of halogens is 1. The van der Waals surface area contributed by atoms with Crippen LogP contribution in [0, 0.1) is 12.8 Å². The first-order valence-corrected chi connectivity index (χ1v) is 6.65. The molecule has 0 saturated heterocycles. The molecule has 19 heavy (non-hydrogen) atoms. The van der Waals surface area contributed by atoms with Crippen LogP contribution in [-0.4, -0.2) is 23.5 Å². The molecule has 106 valence electrons. The lowest BCUT2D eigenvalue weighted by Crippen LogP contribution is -2.45. The molecular weight excluding hydrogens is 262 g/mol. The zero-order valence-electron chi connectivity index (χ0n) is 11.3. The predicted molar refractivity (Wildman–Crippen MR) is 78.5 cm³/mol. The monoisotopic (exact) mass is 283 g/mol. The molecule has 1 saturated carbocycles. The summed E-state index contributed by atoms with van der Waals surface area (Å²) < 4.78 is 0. The lowest BCUT2D eigenvalue weighted by Gasteiger charge is -2.23. The van der Waals surface area contributed by atoms with E-state index < -0.39 is 0 Å². The van der Waals surface area contributed by atoms with Crippen LogP contribution < -0.4 is 11.1 Å². The van der Waals surface area contributed by atoms with Gasteiger partial charge >= 0.3 is 0 Å². The zero-order valence-corrected chi connectivity index (χ0v) is 12.1. The number of aryl methyl sites for hydroxylation is 1. The molecule has 3 N–H and O–H groups in total. The first kappa shape index (κ1) is 15.9. The van der Waals surface area contributed by atoms with Crippen LogP contribution in [0.5, 0.6) is 0 Å². The lowest BCUT2D eigenvalue weighted by atomic mass is 9.98. The highest BCUT2D eigenvalue weighted by Crippen LogP contribution is 2.27. The highest BCUT2D eigenvalue weighted by molar-refractivity contribution is 5.93. The van der Waals surface area contributed by atoms with Crippen LogP contribution in [0.3, 0.4) is 0 Å². The van der Waals surface area contributed by atoms with Gasteiger partial charge in [-0.15, -0.1) is 12.4 Å². The van der Waals surface area contributed by atoms with Crippen LogP contribution in [-0.2, 0) is 0 Å². The van der Waals surface area contributed by atoms with Gasteiger partial charge in [-0.2, -0.15) is 0 Å². The van der Waals surface area contributed by atoms with Crippen LogP contribution in [0.1, 0.15) is 41.7 Å². The number of hydrogen-bond donors (Lipinski definition) is 2. The van der Waals surface area contributed by atoms with Crippen molar-refractivity contribution < 1.29 is 4.79 Å². The van der Waals surface area contributed by atoms with Gasteiger partial charge in [-0.1, -0.05) is 18.9 Å². The number of amides is 1. The van der Waals surface area contributed by atoms with Crippen LogP contribution in [0.15, 0.2) is 18.3 Å². The number of pyridine rings is 1. The quantitative estimate of drug-likeness (QED) is 0.889. The first-order chi connectivity index (χ1) is 8.72. The Labute approximate surface area is 120 Å². The van der Waals surface area contributed by atoms with Gasteiger partial charge in [-0.05, 0) is 37.3 Å². The molecule has 1 aromatic heterocycles. The van der Waals surface area contributed by atoms with Crippen molar-refractivity contribution in [1.82, 2.24) is 10.3 Å². The fourth-order valence-electron chi connectivity index (χ4n) is 2.69. The van der Waals surface area contributed by atoms with Crippen molar-refractivity contribution in [1.29, 1.82) is 0 Å². The number of nitrogens with one attached hydrogen (secondary N) is 1. The van der Waals surface area contributed by atoms with E-state index >= 15 is 0 Å². The molecular formula is C14H22ClN3O. The van der Waals surface area contributed by atoms with Gasteiger partial charge in [0, 0.05) is 18.8 Å². The molecule has 1 unspecified atom stereocenters. The first-order valence-electron chi connectivity index (χ1n) is 6.65. The van der Waals surface area contributed by atoms with Crippen LogP contribution in [0.25, 0.3) is 0 Å². The molecule has 1 amide bonds. The molecule has 1 aromatic rings. The van der Waals surface area contributed by atoms with E-state index in [4.69, 9.17) is 5.73 Å². The Balaban J connectivity index is 0.00000180. The standard InChI is InChI=1S/C14H21N3O.ClH/c1-10-5-4-8-16-13(10)14(18)17-12(9-15)11-6-2-3-7-11;/h4-5,8,11-12H,2-3,6-7,9,15H2,1H3,(H,17,18);1H. The number of aromatic nitrogens is 1. The SMILES string of the molecule is Cc1cccnc1C(=O)NC(CN)C1CCCC1.Cl. The number of carbonyl (C=O) groups excluding carboxylic acids is 1. The number of rotatable bonds is 4. The molecule has 1 atom stereocenters. The zero-order chi connectivity index (χ0) is 13.0. The molecule has 1 heterocycles. The van der Waals surface area contributed by atoms with Crippen molar-refractivity contribution in [3.05, 3.63) is 29.6 Å². The van der Waals surface area contributed by atoms with Gasteiger partial charge in [0.2, 0.25) is 0 Å². The highest BCUT2D eigenvalue weighted by atomic mass is 35.5. The number of nitrogens with zero attached hydrogens (tertiary/aromatic N) is 1. The molecule has 0 aromatic carbocycles. The minimum Gasteiger partial charge on any atom is -0.346 e. The number of hydrogen-bond acceptors (Lipinski definition) is 3. The fraction of sp³-hybridized carbons (Fsp3) is 0.571. The van der Waals surface area contributed by atoms with E-state index in [2.05, 4.69) is 10.3 Å². The summed E-state index contributed by atoms with van der Waals surface area (Å²) in [5.74, 6) is 0.429. The maximum Gasteiger partial charge on any atom is 0.270 e. The van der Waals surface area contributed by atoms with Crippen molar-refractivity contribution in [3.8, 4) is 0 Å². The van der Waals surface area contributed by atoms with Crippen molar-refractivity contribution in [2.75, 3.05) is 6.54 Å². The summed E-state index contributed by atoms with van der Waals surface area (Å²) in [6.07, 6.45) is 6.49. The summed E-state index contributed by atoms with van der Waals surface area (Å²) in [5, 5.41) is 3.04. The predicted octanol–water partition coefficient (Wildman–Crippen LogP) is 2.06. The largest absolute Gasteiger partial charge is 0.346 e. The van der Waals surface area contributed by atoms with Gasteiger partial charge in [0.05, 0.1) is 0 Å². The van der Waals surface area contributed by atoms with Crippen molar-refractivity contribution in [2.45, 2.75) is 38.6 Å². The molecule has 2 rings (SSSR count). The smallest absolute Gasteiger partial charge is 0.270 e. The second kappa shape index (κ2) is 7.46. The van der Waals surface area contributed by atoms with Gasteiger partial charge in [-0.25, -0.2) is 0 Å². The average Bonchev–Trinajstić information content (AvgIpc) is 2.90. The van der Waals surface area contributed by atoms with E-state index in [1.807, 2.05) is 19.1 Å². The Morgan fingerprint density at radius 3 is 2.79 bits per heavy atom. The van der Waals surface area contributed by atoms with E-state index in [0.717, 1.165) is 5.56 Å². The van der Waals surface area contributed by atoms with Gasteiger partial charge in [0.15, 0.2) is 0 Å². The molecule has 0 radical (unpaired) electrons. The Bertz CT molecular complexity index is 419. The lowest BCUT2D eigenvalue weighted by molar-refractivity contribution is 0.0918. The highest BCUT2D eigenvalue weighted by Gasteiger charge is 2.26. The molecule has 1 fully saturated rings. The Kier molecular flexibility index (Phi) is 6.25. The third kappa shape index (κ3) is 3.91. The van der Waals surface area contributed by atoms with Crippen molar-refractivity contribution >= 4 is 18.3 Å². The molecule has 1 aliphatic carbocycles. The molecule has 1 aliphatic rings. The second-order valence-electron chi connectivity index (χ2n) is 5.03. The normalized spacial score (nSPS) is 16.7. The summed E-state index contributed by atoms with van der Waals surface area (Å²) in [6, 6.07) is 3.82. The molecule has 0 aliphatic heterocycles. The summed E-state index contributed by atoms with van der Waals surface area (Å²) in [5.41, 5.74) is 7.19. The minimum absolute atomic E-state index is 0. The number of carbonyl (C=O) groups is 1. The Morgan fingerprint density at radius 1 is 1.53 bits per heavy atom. The second-order valence-corrected chi connectivity index (χ2v) is 5.03. The fourth-order valence-corrected chi connectivity index (χ4v) is 2.69. The summed E-state index contributed by atoms with van der Waals surface area (Å²) in [4.78, 5) is 16.3. The summed E-state index contributed by atoms with van der Waals surface area (Å²) >= 11 is 0. The Morgan fingerprint density at radius 2 is 2.21 bits per heavy atom. The van der Waals surface area contributed by atoms with Gasteiger partial charge in [-0.3, -0.25) is 9.78 Å². The maximum absolute atomic E-state index is 12.2. The molecule has 5 heteroatoms. The minimum atomic E-state index is -0.101. The van der Waals surface area contributed by atoms with E-state index in [1.165, 1.54) is 25.7 Å². The van der Waals surface area contributed by atoms with Crippen molar-refractivity contribution in [3.63, 3.8) is 0 Å². The molecule has 0 bridgehead atoms. The average molecular weight is 284 g/mol. The van der Waals surface area contributed by atoms with Gasteiger partial charge in [0.1, 0.15) is 5.69 Å². The molecule has 0 spiro atoms. The Hall–Kier alpha value is -1.13. The van der Waals surface area contributed by atoms with E-state index in [-0.39, 0.29) is 24.4 Å². The van der Waals surface area contributed by atoms with E-state index in [0.29, 0.717) is 18.2 Å². The van der Waals surface area contributed by atoms with Crippen LogP contribution >= 0.6 is 12.4 Å². The topological polar surface area (TPSA) is 68.0 Å². The van der Waals surface area contributed by atoms with Crippen LogP contribution in [0.4, 0.5) is 0 Å². The summed E-state index contributed by atoms with van der Waals surface area (Å²) in [7, 11) is 0. The number of nitrogens with two attached hydrogens (primary N) is 1. The third-order valence-corrected chi connectivity index (χ3v) is 3.76. The van der Waals surface area contributed by atoms with Crippen LogP contribution in [0.2, 0.25) is 0 Å². The van der Waals surface area contributed by atoms with Gasteiger partial charge < -0.3 is 11.1 Å². The van der Waals surface area contributed by atoms with E-state index in [1.54, 1.807) is 6.20 Å². The summed E-state index contributed by atoms with van der Waals surface area (Å²) in [6.45, 7) is 2.40. The van der Waals surface area contributed by atoms with E-state index in [9.17, 15) is 4.79 Å².